The number of carbonyl (C=O) groups is 1. The molecule has 2 aromatic carbocycles. The highest BCUT2D eigenvalue weighted by Gasteiger charge is 2.24. The van der Waals surface area contributed by atoms with E-state index in [4.69, 9.17) is 16.3 Å². The molecule has 1 amide bonds. The predicted octanol–water partition coefficient (Wildman–Crippen LogP) is 4.45. The molecule has 3 rings (SSSR count). The van der Waals surface area contributed by atoms with Gasteiger partial charge in [-0.3, -0.25) is 4.79 Å². The maximum Gasteiger partial charge on any atom is 0.255 e. The number of halogens is 2. The highest BCUT2D eigenvalue weighted by Crippen LogP contribution is 2.37. The van der Waals surface area contributed by atoms with Gasteiger partial charge in [-0.1, -0.05) is 11.6 Å². The summed E-state index contributed by atoms with van der Waals surface area (Å²) in [5.41, 5.74) is 1.19. The quantitative estimate of drug-likeness (QED) is 0.887. The maximum absolute atomic E-state index is 13.5. The largest absolute Gasteiger partial charge is 0.496 e. The summed E-state index contributed by atoms with van der Waals surface area (Å²) in [5, 5.41) is 3.42. The average molecular weight is 352 g/mol. The van der Waals surface area contributed by atoms with Crippen LogP contribution in [0.1, 0.15) is 28.4 Å². The zero-order chi connectivity index (χ0) is 16.4. The molecule has 0 aliphatic carbocycles. The first kappa shape index (κ1) is 16.1. The van der Waals surface area contributed by atoms with Crippen molar-refractivity contribution >= 4 is 29.3 Å². The Bertz CT molecular complexity index is 753. The van der Waals surface area contributed by atoms with Crippen LogP contribution in [0.5, 0.6) is 5.75 Å². The molecule has 0 saturated heterocycles. The normalized spacial score (nSPS) is 16.6. The van der Waals surface area contributed by atoms with Gasteiger partial charge < -0.3 is 10.1 Å². The molecule has 0 spiro atoms. The number of carbonyl (C=O) groups excluding carboxylic acids is 1. The predicted molar refractivity (Wildman–Crippen MR) is 90.0 cm³/mol. The second kappa shape index (κ2) is 6.81. The van der Waals surface area contributed by atoms with E-state index < -0.39 is 0 Å². The Morgan fingerprint density at radius 2 is 2.17 bits per heavy atom. The van der Waals surface area contributed by atoms with Gasteiger partial charge in [-0.05, 0) is 48.4 Å². The highest BCUT2D eigenvalue weighted by atomic mass is 35.5. The number of rotatable bonds is 3. The number of amides is 1. The first-order chi connectivity index (χ1) is 11.1. The van der Waals surface area contributed by atoms with Crippen LogP contribution in [0.3, 0.4) is 0 Å². The standard InChI is InChI=1S/C17H15ClFNO2S/c1-22-15-4-2-10(18)8-13(15)17(21)20-14-6-7-23-16-5-3-11(19)9-12(14)16/h2-5,8-9,14H,6-7H2,1H3,(H,20,21)/t14-/m0/s1. The Morgan fingerprint density at radius 1 is 1.35 bits per heavy atom. The molecule has 1 atom stereocenters. The summed E-state index contributed by atoms with van der Waals surface area (Å²) >= 11 is 7.64. The number of benzene rings is 2. The van der Waals surface area contributed by atoms with Crippen LogP contribution < -0.4 is 10.1 Å². The minimum Gasteiger partial charge on any atom is -0.496 e. The SMILES string of the molecule is COc1ccc(Cl)cc1C(=O)N[C@H]1CCSc2ccc(F)cc21. The van der Waals surface area contributed by atoms with Crippen molar-refractivity contribution in [2.45, 2.75) is 17.4 Å². The third-order valence-corrected chi connectivity index (χ3v) is 5.08. The molecule has 0 fully saturated rings. The first-order valence-corrected chi connectivity index (χ1v) is 8.51. The molecule has 0 radical (unpaired) electrons. The van der Waals surface area contributed by atoms with E-state index in [9.17, 15) is 9.18 Å². The number of nitrogens with one attached hydrogen (secondary N) is 1. The highest BCUT2D eigenvalue weighted by molar-refractivity contribution is 7.99. The summed E-state index contributed by atoms with van der Waals surface area (Å²) in [5.74, 6) is 0.745. The van der Waals surface area contributed by atoms with E-state index in [1.807, 2.05) is 0 Å². The Kier molecular flexibility index (Phi) is 4.78. The number of hydrogen-bond acceptors (Lipinski definition) is 3. The smallest absolute Gasteiger partial charge is 0.255 e. The Morgan fingerprint density at radius 3 is 2.96 bits per heavy atom. The third-order valence-electron chi connectivity index (χ3n) is 3.72. The lowest BCUT2D eigenvalue weighted by molar-refractivity contribution is 0.0932. The molecule has 2 aromatic rings. The lowest BCUT2D eigenvalue weighted by Crippen LogP contribution is -2.31. The van der Waals surface area contributed by atoms with Gasteiger partial charge in [0.05, 0.1) is 18.7 Å². The van der Waals surface area contributed by atoms with E-state index in [0.717, 1.165) is 22.6 Å². The molecular formula is C17H15ClFNO2S. The summed E-state index contributed by atoms with van der Waals surface area (Å²) in [6, 6.07) is 9.35. The number of hydrogen-bond donors (Lipinski definition) is 1. The van der Waals surface area contributed by atoms with Gasteiger partial charge in [0, 0.05) is 15.7 Å². The molecule has 1 aliphatic rings. The third kappa shape index (κ3) is 3.46. The van der Waals surface area contributed by atoms with Crippen molar-refractivity contribution in [3.05, 3.63) is 58.4 Å². The Hall–Kier alpha value is -1.72. The Labute approximate surface area is 143 Å². The molecule has 3 nitrogen and oxygen atoms in total. The molecule has 0 bridgehead atoms. The molecule has 120 valence electrons. The number of fused-ring (bicyclic) bond motifs is 1. The van der Waals surface area contributed by atoms with E-state index >= 15 is 0 Å². The van der Waals surface area contributed by atoms with Crippen molar-refractivity contribution in [1.82, 2.24) is 5.32 Å². The lowest BCUT2D eigenvalue weighted by Gasteiger charge is -2.26. The van der Waals surface area contributed by atoms with E-state index in [-0.39, 0.29) is 17.8 Å². The van der Waals surface area contributed by atoms with Crippen LogP contribution in [0.2, 0.25) is 5.02 Å². The minimum absolute atomic E-state index is 0.224. The summed E-state index contributed by atoms with van der Waals surface area (Å²) in [4.78, 5) is 13.6. The molecule has 1 heterocycles. The van der Waals surface area contributed by atoms with Crippen molar-refractivity contribution in [2.24, 2.45) is 0 Å². The number of ether oxygens (including phenoxy) is 1. The van der Waals surface area contributed by atoms with E-state index in [1.54, 1.807) is 36.0 Å². The van der Waals surface area contributed by atoms with Gasteiger partial charge in [0.1, 0.15) is 11.6 Å². The topological polar surface area (TPSA) is 38.3 Å². The van der Waals surface area contributed by atoms with Crippen molar-refractivity contribution in [2.75, 3.05) is 12.9 Å². The van der Waals surface area contributed by atoms with Crippen LogP contribution >= 0.6 is 23.4 Å². The molecule has 23 heavy (non-hydrogen) atoms. The zero-order valence-corrected chi connectivity index (χ0v) is 14.0. The van der Waals surface area contributed by atoms with Crippen LogP contribution in [0.15, 0.2) is 41.3 Å². The van der Waals surface area contributed by atoms with Gasteiger partial charge in [0.25, 0.3) is 5.91 Å². The summed E-state index contributed by atoms with van der Waals surface area (Å²) in [7, 11) is 1.50. The molecule has 6 heteroatoms. The van der Waals surface area contributed by atoms with E-state index in [2.05, 4.69) is 5.32 Å². The van der Waals surface area contributed by atoms with Gasteiger partial charge in [-0.25, -0.2) is 4.39 Å². The van der Waals surface area contributed by atoms with Gasteiger partial charge >= 0.3 is 0 Å². The molecular weight excluding hydrogens is 337 g/mol. The molecule has 1 N–H and O–H groups in total. The fourth-order valence-electron chi connectivity index (χ4n) is 2.61. The maximum atomic E-state index is 13.5. The van der Waals surface area contributed by atoms with Crippen molar-refractivity contribution in [3.63, 3.8) is 0 Å². The van der Waals surface area contributed by atoms with Gasteiger partial charge in [0.2, 0.25) is 0 Å². The average Bonchev–Trinajstić information content (AvgIpc) is 2.55. The summed E-state index contributed by atoms with van der Waals surface area (Å²) in [6.07, 6.45) is 0.746. The fourth-order valence-corrected chi connectivity index (χ4v) is 3.89. The second-order valence-electron chi connectivity index (χ2n) is 5.19. The second-order valence-corrected chi connectivity index (χ2v) is 6.76. The van der Waals surface area contributed by atoms with E-state index in [0.29, 0.717) is 16.3 Å². The van der Waals surface area contributed by atoms with Crippen molar-refractivity contribution in [3.8, 4) is 5.75 Å². The lowest BCUT2D eigenvalue weighted by atomic mass is 10.0. The number of methoxy groups -OCH3 is 1. The van der Waals surface area contributed by atoms with Crippen molar-refractivity contribution in [1.29, 1.82) is 0 Å². The van der Waals surface area contributed by atoms with Gasteiger partial charge in [-0.15, -0.1) is 11.8 Å². The monoisotopic (exact) mass is 351 g/mol. The Balaban J connectivity index is 1.87. The summed E-state index contributed by atoms with van der Waals surface area (Å²) < 4.78 is 18.8. The van der Waals surface area contributed by atoms with Gasteiger partial charge in [-0.2, -0.15) is 0 Å². The minimum atomic E-state index is -0.300. The molecule has 0 saturated carbocycles. The van der Waals surface area contributed by atoms with Crippen LogP contribution in [-0.2, 0) is 0 Å². The molecule has 0 aromatic heterocycles. The van der Waals surface area contributed by atoms with Crippen molar-refractivity contribution < 1.29 is 13.9 Å². The van der Waals surface area contributed by atoms with Crippen LogP contribution in [0.25, 0.3) is 0 Å². The summed E-state index contributed by atoms with van der Waals surface area (Å²) in [6.45, 7) is 0. The van der Waals surface area contributed by atoms with Gasteiger partial charge in [0.15, 0.2) is 0 Å². The molecule has 0 unspecified atom stereocenters. The van der Waals surface area contributed by atoms with Crippen LogP contribution in [0, 0.1) is 5.82 Å². The van der Waals surface area contributed by atoms with Crippen LogP contribution in [0.4, 0.5) is 4.39 Å². The number of thioether (sulfide) groups is 1. The van der Waals surface area contributed by atoms with Crippen LogP contribution in [-0.4, -0.2) is 18.8 Å². The van der Waals surface area contributed by atoms with E-state index in [1.165, 1.54) is 19.2 Å². The first-order valence-electron chi connectivity index (χ1n) is 7.15. The fraction of sp³-hybridized carbons (Fsp3) is 0.235. The zero-order valence-electron chi connectivity index (χ0n) is 12.4. The molecule has 1 aliphatic heterocycles.